The summed E-state index contributed by atoms with van der Waals surface area (Å²) in [5, 5.41) is 3.11. The van der Waals surface area contributed by atoms with Gasteiger partial charge in [-0.05, 0) is 25.8 Å². The molecule has 1 aromatic carbocycles. The lowest BCUT2D eigenvalue weighted by atomic mass is 9.88. The van der Waals surface area contributed by atoms with E-state index < -0.39 is 0 Å². The molecule has 1 aromatic rings. The monoisotopic (exact) mass is 303 g/mol. The van der Waals surface area contributed by atoms with Crippen LogP contribution in [0.25, 0.3) is 0 Å². The molecule has 0 aliphatic rings. The molecule has 0 bridgehead atoms. The molecule has 0 heterocycles. The van der Waals surface area contributed by atoms with E-state index in [1.54, 1.807) is 0 Å². The summed E-state index contributed by atoms with van der Waals surface area (Å²) in [5.41, 5.74) is 1.90. The number of hydrogen-bond acceptors (Lipinski definition) is 2. The highest BCUT2D eigenvalue weighted by Gasteiger charge is 2.27. The zero-order valence-electron chi connectivity index (χ0n) is 14.5. The van der Waals surface area contributed by atoms with Crippen LogP contribution in [0.2, 0.25) is 0 Å². The highest BCUT2D eigenvalue weighted by atomic mass is 16.5. The molecule has 0 aromatic heterocycles. The van der Waals surface area contributed by atoms with Gasteiger partial charge in [0.05, 0.1) is 19.3 Å². The van der Waals surface area contributed by atoms with Gasteiger partial charge in [-0.25, -0.2) is 0 Å². The first-order valence-corrected chi connectivity index (χ1v) is 7.96. The van der Waals surface area contributed by atoms with Crippen molar-refractivity contribution in [2.24, 2.45) is 5.41 Å². The molecule has 0 fully saturated rings. The Morgan fingerprint density at radius 3 is 2.50 bits per heavy atom. The number of amides is 1. The minimum absolute atomic E-state index is 0.0736. The highest BCUT2D eigenvalue weighted by molar-refractivity contribution is 5.82. The Hall–Kier alpha value is -1.61. The summed E-state index contributed by atoms with van der Waals surface area (Å²) in [4.78, 5) is 12.4. The Balaban J connectivity index is 2.60. The van der Waals surface area contributed by atoms with Crippen molar-refractivity contribution in [3.05, 3.63) is 47.5 Å². The van der Waals surface area contributed by atoms with Crippen LogP contribution in [-0.4, -0.2) is 18.6 Å². The number of nitrogens with one attached hydrogen (secondary N) is 1. The largest absolute Gasteiger partial charge is 0.374 e. The second kappa shape index (κ2) is 8.74. The third kappa shape index (κ3) is 5.64. The van der Waals surface area contributed by atoms with Gasteiger partial charge in [-0.15, -0.1) is 0 Å². The van der Waals surface area contributed by atoms with Crippen LogP contribution in [0.5, 0.6) is 0 Å². The molecule has 0 aliphatic heterocycles. The van der Waals surface area contributed by atoms with E-state index in [-0.39, 0.29) is 17.4 Å². The molecule has 1 N–H and O–H groups in total. The van der Waals surface area contributed by atoms with Crippen molar-refractivity contribution in [2.75, 3.05) is 6.61 Å². The van der Waals surface area contributed by atoms with Crippen molar-refractivity contribution >= 4 is 5.91 Å². The van der Waals surface area contributed by atoms with E-state index in [4.69, 9.17) is 4.74 Å². The Labute approximate surface area is 134 Å². The van der Waals surface area contributed by atoms with Crippen molar-refractivity contribution in [1.29, 1.82) is 0 Å². The summed E-state index contributed by atoms with van der Waals surface area (Å²) in [6.07, 6.45) is 2.83. The molecule has 3 nitrogen and oxygen atoms in total. The number of benzene rings is 1. The van der Waals surface area contributed by atoms with E-state index in [1.165, 1.54) is 0 Å². The Bertz CT molecular complexity index is 491. The fraction of sp³-hybridized carbons (Fsp3) is 0.526. The van der Waals surface area contributed by atoms with Gasteiger partial charge >= 0.3 is 0 Å². The van der Waals surface area contributed by atoms with Gasteiger partial charge in [-0.2, -0.15) is 0 Å². The predicted octanol–water partition coefficient (Wildman–Crippen LogP) is 4.09. The maximum absolute atomic E-state index is 12.4. The maximum atomic E-state index is 12.4. The summed E-state index contributed by atoms with van der Waals surface area (Å²) in [6, 6.07) is 9.99. The molecule has 0 saturated heterocycles. The van der Waals surface area contributed by atoms with E-state index in [9.17, 15) is 4.79 Å². The van der Waals surface area contributed by atoms with Crippen LogP contribution in [0.4, 0.5) is 0 Å². The van der Waals surface area contributed by atoms with Crippen LogP contribution in [0.15, 0.2) is 42.0 Å². The molecular formula is C19H29NO2. The standard InChI is InChI=1S/C19H29NO2/c1-6-15(3)17(20-18(21)19(4,5)7-2)14-22-13-16-11-9-8-10-12-16/h6,8-12,17H,7,13-14H2,1-5H3,(H,20,21)/b15-6+. The molecule has 1 atom stereocenters. The van der Waals surface area contributed by atoms with Gasteiger partial charge in [0.1, 0.15) is 0 Å². The first-order valence-electron chi connectivity index (χ1n) is 7.96. The quantitative estimate of drug-likeness (QED) is 0.735. The highest BCUT2D eigenvalue weighted by Crippen LogP contribution is 2.20. The second-order valence-corrected chi connectivity index (χ2v) is 6.30. The van der Waals surface area contributed by atoms with E-state index in [0.717, 1.165) is 17.6 Å². The Morgan fingerprint density at radius 1 is 1.32 bits per heavy atom. The molecule has 122 valence electrons. The van der Waals surface area contributed by atoms with Crippen molar-refractivity contribution in [3.8, 4) is 0 Å². The summed E-state index contributed by atoms with van der Waals surface area (Å²) < 4.78 is 5.80. The lowest BCUT2D eigenvalue weighted by Gasteiger charge is -2.27. The average molecular weight is 303 g/mol. The molecule has 1 unspecified atom stereocenters. The van der Waals surface area contributed by atoms with E-state index in [2.05, 4.69) is 5.32 Å². The minimum atomic E-state index is -0.355. The zero-order valence-corrected chi connectivity index (χ0v) is 14.5. The van der Waals surface area contributed by atoms with Crippen molar-refractivity contribution in [1.82, 2.24) is 5.32 Å². The lowest BCUT2D eigenvalue weighted by Crippen LogP contribution is -2.45. The predicted molar refractivity (Wildman–Crippen MR) is 91.5 cm³/mol. The Kier molecular flexibility index (Phi) is 7.33. The van der Waals surface area contributed by atoms with Gasteiger partial charge in [0.2, 0.25) is 5.91 Å². The molecular weight excluding hydrogens is 274 g/mol. The number of ether oxygens (including phenoxy) is 1. The SMILES string of the molecule is C/C=C(\C)C(COCc1ccccc1)NC(=O)C(C)(C)CC. The molecule has 0 aliphatic carbocycles. The van der Waals surface area contributed by atoms with Gasteiger partial charge in [0, 0.05) is 5.41 Å². The van der Waals surface area contributed by atoms with Crippen LogP contribution in [-0.2, 0) is 16.1 Å². The smallest absolute Gasteiger partial charge is 0.226 e. The minimum Gasteiger partial charge on any atom is -0.374 e. The topological polar surface area (TPSA) is 38.3 Å². The number of hydrogen-bond donors (Lipinski definition) is 1. The van der Waals surface area contributed by atoms with Crippen molar-refractivity contribution < 1.29 is 9.53 Å². The van der Waals surface area contributed by atoms with Crippen molar-refractivity contribution in [3.63, 3.8) is 0 Å². The van der Waals surface area contributed by atoms with Gasteiger partial charge in [0.25, 0.3) is 0 Å². The van der Waals surface area contributed by atoms with Gasteiger partial charge in [-0.1, -0.05) is 62.8 Å². The number of allylic oxidation sites excluding steroid dienone is 1. The fourth-order valence-electron chi connectivity index (χ4n) is 1.87. The van der Waals surface area contributed by atoms with E-state index in [1.807, 2.05) is 71.0 Å². The zero-order chi connectivity index (χ0) is 16.6. The first kappa shape index (κ1) is 18.4. The fourth-order valence-corrected chi connectivity index (χ4v) is 1.87. The van der Waals surface area contributed by atoms with Gasteiger partial charge in [-0.3, -0.25) is 4.79 Å². The summed E-state index contributed by atoms with van der Waals surface area (Å²) in [7, 11) is 0. The summed E-state index contributed by atoms with van der Waals surface area (Å²) in [6.45, 7) is 11.0. The average Bonchev–Trinajstić information content (AvgIpc) is 2.53. The number of carbonyl (C=O) groups excluding carboxylic acids is 1. The van der Waals surface area contributed by atoms with E-state index in [0.29, 0.717) is 13.2 Å². The van der Waals surface area contributed by atoms with E-state index >= 15 is 0 Å². The second-order valence-electron chi connectivity index (χ2n) is 6.30. The van der Waals surface area contributed by atoms with Crippen LogP contribution >= 0.6 is 0 Å². The molecule has 3 heteroatoms. The summed E-state index contributed by atoms with van der Waals surface area (Å²) in [5.74, 6) is 0.0736. The third-order valence-corrected chi connectivity index (χ3v) is 4.20. The molecule has 0 saturated carbocycles. The molecule has 22 heavy (non-hydrogen) atoms. The molecule has 1 rings (SSSR count). The van der Waals surface area contributed by atoms with Crippen LogP contribution in [0.3, 0.4) is 0 Å². The molecule has 0 spiro atoms. The first-order chi connectivity index (χ1) is 10.4. The number of carbonyl (C=O) groups is 1. The maximum Gasteiger partial charge on any atom is 0.226 e. The number of rotatable bonds is 8. The van der Waals surface area contributed by atoms with Crippen LogP contribution < -0.4 is 5.32 Å². The van der Waals surface area contributed by atoms with Crippen LogP contribution in [0, 0.1) is 5.41 Å². The third-order valence-electron chi connectivity index (χ3n) is 4.20. The van der Waals surface area contributed by atoms with Crippen LogP contribution in [0.1, 0.15) is 46.6 Å². The van der Waals surface area contributed by atoms with Gasteiger partial charge < -0.3 is 10.1 Å². The Morgan fingerprint density at radius 2 is 1.95 bits per heavy atom. The normalized spacial score (nSPS) is 13.8. The van der Waals surface area contributed by atoms with Crippen molar-refractivity contribution in [2.45, 2.75) is 53.7 Å². The van der Waals surface area contributed by atoms with Gasteiger partial charge in [0.15, 0.2) is 0 Å². The molecule has 0 radical (unpaired) electrons. The lowest BCUT2D eigenvalue weighted by molar-refractivity contribution is -0.130. The molecule has 1 amide bonds. The summed E-state index contributed by atoms with van der Waals surface area (Å²) >= 11 is 0.